The zero-order valence-corrected chi connectivity index (χ0v) is 11.0. The standard InChI is InChI=1S/C12H18N4O3/c1-13-5-6-16(2)12(19)15-10-4-3-9(14-8-10)7-11(17)18/h3-4,8,13H,5-7H2,1-2H3,(H,15,19)(H,17,18). The predicted molar refractivity (Wildman–Crippen MR) is 71.2 cm³/mol. The number of aliphatic carboxylic acids is 1. The molecule has 0 aliphatic carbocycles. The molecule has 0 unspecified atom stereocenters. The number of carboxylic acids is 1. The summed E-state index contributed by atoms with van der Waals surface area (Å²) in [6, 6.07) is 2.98. The van der Waals surface area contributed by atoms with Crippen molar-refractivity contribution in [1.29, 1.82) is 0 Å². The third-order valence-corrected chi connectivity index (χ3v) is 2.45. The molecule has 19 heavy (non-hydrogen) atoms. The van der Waals surface area contributed by atoms with E-state index >= 15 is 0 Å². The SMILES string of the molecule is CNCCN(C)C(=O)Nc1ccc(CC(=O)O)nc1. The average Bonchev–Trinajstić information content (AvgIpc) is 2.37. The highest BCUT2D eigenvalue weighted by molar-refractivity contribution is 5.88. The van der Waals surface area contributed by atoms with Gasteiger partial charge in [-0.3, -0.25) is 9.78 Å². The fourth-order valence-corrected chi connectivity index (χ4v) is 1.36. The number of nitrogens with zero attached hydrogens (tertiary/aromatic N) is 2. The summed E-state index contributed by atoms with van der Waals surface area (Å²) in [5.74, 6) is -0.934. The molecule has 0 saturated heterocycles. The first kappa shape index (κ1) is 14.9. The van der Waals surface area contributed by atoms with Gasteiger partial charge in [0.25, 0.3) is 0 Å². The molecule has 0 aromatic carbocycles. The van der Waals surface area contributed by atoms with E-state index in [1.165, 1.54) is 6.20 Å². The van der Waals surface area contributed by atoms with Gasteiger partial charge in [0.1, 0.15) is 0 Å². The number of carbonyl (C=O) groups is 2. The molecule has 3 N–H and O–H groups in total. The molecule has 0 bridgehead atoms. The molecule has 1 heterocycles. The molecule has 1 rings (SSSR count). The van der Waals surface area contributed by atoms with E-state index in [-0.39, 0.29) is 12.5 Å². The Bertz CT molecular complexity index is 433. The fraction of sp³-hybridized carbons (Fsp3) is 0.417. The molecule has 104 valence electrons. The molecule has 0 fully saturated rings. The molecular formula is C12H18N4O3. The Balaban J connectivity index is 2.52. The Hall–Kier alpha value is -2.15. The number of pyridine rings is 1. The van der Waals surface area contributed by atoms with Crippen LogP contribution in [0.15, 0.2) is 18.3 Å². The van der Waals surface area contributed by atoms with E-state index in [9.17, 15) is 9.59 Å². The van der Waals surface area contributed by atoms with Crippen molar-refractivity contribution in [2.24, 2.45) is 0 Å². The van der Waals surface area contributed by atoms with E-state index in [0.717, 1.165) is 0 Å². The second kappa shape index (κ2) is 7.32. The normalized spacial score (nSPS) is 10.0. The van der Waals surface area contributed by atoms with Gasteiger partial charge in [-0.25, -0.2) is 4.79 Å². The molecule has 0 aliphatic heterocycles. The van der Waals surface area contributed by atoms with Crippen LogP contribution in [0.4, 0.5) is 10.5 Å². The number of aromatic nitrogens is 1. The van der Waals surface area contributed by atoms with Gasteiger partial charge in [-0.2, -0.15) is 0 Å². The highest BCUT2D eigenvalue weighted by Gasteiger charge is 2.08. The minimum atomic E-state index is -0.934. The molecule has 2 amide bonds. The first-order valence-electron chi connectivity index (χ1n) is 5.86. The molecule has 1 aromatic heterocycles. The average molecular weight is 266 g/mol. The highest BCUT2D eigenvalue weighted by Crippen LogP contribution is 2.07. The van der Waals surface area contributed by atoms with E-state index in [2.05, 4.69) is 15.6 Å². The summed E-state index contributed by atoms with van der Waals surface area (Å²) < 4.78 is 0. The summed E-state index contributed by atoms with van der Waals surface area (Å²) in [6.07, 6.45) is 1.32. The Morgan fingerprint density at radius 2 is 2.16 bits per heavy atom. The summed E-state index contributed by atoms with van der Waals surface area (Å²) in [6.45, 7) is 1.30. The van der Waals surface area contributed by atoms with Crippen molar-refractivity contribution < 1.29 is 14.7 Å². The van der Waals surface area contributed by atoms with Crippen molar-refractivity contribution in [2.45, 2.75) is 6.42 Å². The summed E-state index contributed by atoms with van der Waals surface area (Å²) in [5, 5.41) is 14.2. The van der Waals surface area contributed by atoms with Crippen LogP contribution < -0.4 is 10.6 Å². The van der Waals surface area contributed by atoms with Gasteiger partial charge in [0.05, 0.1) is 24.0 Å². The van der Waals surface area contributed by atoms with Crippen LogP contribution >= 0.6 is 0 Å². The summed E-state index contributed by atoms with van der Waals surface area (Å²) >= 11 is 0. The minimum Gasteiger partial charge on any atom is -0.481 e. The maximum Gasteiger partial charge on any atom is 0.321 e. The van der Waals surface area contributed by atoms with E-state index < -0.39 is 5.97 Å². The molecule has 7 nitrogen and oxygen atoms in total. The Kier molecular flexibility index (Phi) is 5.74. The third kappa shape index (κ3) is 5.35. The van der Waals surface area contributed by atoms with Crippen LogP contribution in [0.1, 0.15) is 5.69 Å². The minimum absolute atomic E-state index is 0.129. The van der Waals surface area contributed by atoms with E-state index in [1.54, 1.807) is 24.1 Å². The van der Waals surface area contributed by atoms with Crippen molar-refractivity contribution in [1.82, 2.24) is 15.2 Å². The topological polar surface area (TPSA) is 94.6 Å². The molecule has 7 heteroatoms. The molecular weight excluding hydrogens is 248 g/mol. The van der Waals surface area contributed by atoms with Crippen LogP contribution in [0, 0.1) is 0 Å². The number of hydrogen-bond acceptors (Lipinski definition) is 4. The second-order valence-corrected chi connectivity index (χ2v) is 4.06. The van der Waals surface area contributed by atoms with Crippen molar-refractivity contribution in [3.8, 4) is 0 Å². The van der Waals surface area contributed by atoms with Crippen molar-refractivity contribution in [3.05, 3.63) is 24.0 Å². The number of rotatable bonds is 6. The predicted octanol–water partition coefficient (Wildman–Crippen LogP) is 0.392. The number of carbonyl (C=O) groups excluding carboxylic acids is 1. The van der Waals surface area contributed by atoms with E-state index in [4.69, 9.17) is 5.11 Å². The third-order valence-electron chi connectivity index (χ3n) is 2.45. The number of likely N-dealkylation sites (N-methyl/N-ethyl adjacent to an activating group) is 2. The highest BCUT2D eigenvalue weighted by atomic mass is 16.4. The lowest BCUT2D eigenvalue weighted by Gasteiger charge is -2.17. The lowest BCUT2D eigenvalue weighted by Crippen LogP contribution is -2.35. The zero-order chi connectivity index (χ0) is 14.3. The van der Waals surface area contributed by atoms with Crippen molar-refractivity contribution >= 4 is 17.7 Å². The zero-order valence-electron chi connectivity index (χ0n) is 11.0. The lowest BCUT2D eigenvalue weighted by atomic mass is 10.2. The molecule has 0 radical (unpaired) electrons. The summed E-state index contributed by atoms with van der Waals surface area (Å²) in [4.78, 5) is 27.8. The number of nitrogens with one attached hydrogen (secondary N) is 2. The van der Waals surface area contributed by atoms with Crippen LogP contribution in [0.25, 0.3) is 0 Å². The number of amides is 2. The largest absolute Gasteiger partial charge is 0.481 e. The van der Waals surface area contributed by atoms with Crippen LogP contribution in [0.2, 0.25) is 0 Å². The van der Waals surface area contributed by atoms with Gasteiger partial charge in [-0.05, 0) is 19.2 Å². The molecule has 0 atom stereocenters. The number of urea groups is 1. The smallest absolute Gasteiger partial charge is 0.321 e. The van der Waals surface area contributed by atoms with Gasteiger partial charge in [-0.1, -0.05) is 0 Å². The van der Waals surface area contributed by atoms with Crippen LogP contribution in [0.5, 0.6) is 0 Å². The molecule has 0 aliphatic rings. The Morgan fingerprint density at radius 1 is 1.42 bits per heavy atom. The summed E-state index contributed by atoms with van der Waals surface area (Å²) in [5.41, 5.74) is 0.990. The fourth-order valence-electron chi connectivity index (χ4n) is 1.36. The number of hydrogen-bond donors (Lipinski definition) is 3. The quantitative estimate of drug-likeness (QED) is 0.692. The summed E-state index contributed by atoms with van der Waals surface area (Å²) in [7, 11) is 3.51. The molecule has 0 saturated carbocycles. The number of carboxylic acid groups (broad SMARTS) is 1. The monoisotopic (exact) mass is 266 g/mol. The maximum atomic E-state index is 11.7. The Morgan fingerprint density at radius 3 is 2.68 bits per heavy atom. The number of anilines is 1. The van der Waals surface area contributed by atoms with Gasteiger partial charge >= 0.3 is 12.0 Å². The van der Waals surface area contributed by atoms with Crippen molar-refractivity contribution in [3.63, 3.8) is 0 Å². The van der Waals surface area contributed by atoms with Gasteiger partial charge in [0.2, 0.25) is 0 Å². The van der Waals surface area contributed by atoms with Crippen LogP contribution in [-0.4, -0.2) is 54.2 Å². The van der Waals surface area contributed by atoms with Crippen LogP contribution in [-0.2, 0) is 11.2 Å². The van der Waals surface area contributed by atoms with Crippen molar-refractivity contribution in [2.75, 3.05) is 32.5 Å². The van der Waals surface area contributed by atoms with E-state index in [0.29, 0.717) is 24.5 Å². The van der Waals surface area contributed by atoms with Gasteiger partial charge < -0.3 is 20.6 Å². The van der Waals surface area contributed by atoms with Crippen LogP contribution in [0.3, 0.4) is 0 Å². The van der Waals surface area contributed by atoms with Gasteiger partial charge in [0, 0.05) is 20.1 Å². The first-order chi connectivity index (χ1) is 9.02. The van der Waals surface area contributed by atoms with E-state index in [1.807, 2.05) is 7.05 Å². The van der Waals surface area contributed by atoms with Gasteiger partial charge in [-0.15, -0.1) is 0 Å². The Labute approximate surface area is 111 Å². The molecule has 0 spiro atoms. The maximum absolute atomic E-state index is 11.7. The lowest BCUT2D eigenvalue weighted by molar-refractivity contribution is -0.136. The van der Waals surface area contributed by atoms with Gasteiger partial charge in [0.15, 0.2) is 0 Å². The molecule has 1 aromatic rings. The second-order valence-electron chi connectivity index (χ2n) is 4.06. The first-order valence-corrected chi connectivity index (χ1v) is 5.86.